The number of para-hydroxylation sites is 1. The third kappa shape index (κ3) is 4.12. The molecule has 0 atom stereocenters. The highest BCUT2D eigenvalue weighted by atomic mass is 16.5. The molecule has 3 rings (SSSR count). The quantitative estimate of drug-likeness (QED) is 0.616. The van der Waals surface area contributed by atoms with Crippen molar-refractivity contribution in [2.45, 2.75) is 26.4 Å². The number of nitrogens with zero attached hydrogens (tertiary/aromatic N) is 3. The van der Waals surface area contributed by atoms with Crippen molar-refractivity contribution in [2.75, 3.05) is 11.9 Å². The van der Waals surface area contributed by atoms with Crippen molar-refractivity contribution < 1.29 is 4.74 Å². The zero-order chi connectivity index (χ0) is 17.5. The predicted octanol–water partition coefficient (Wildman–Crippen LogP) is 4.46. The molecule has 0 bridgehead atoms. The Morgan fingerprint density at radius 3 is 2.92 bits per heavy atom. The first-order valence-electron chi connectivity index (χ1n) is 8.50. The summed E-state index contributed by atoms with van der Waals surface area (Å²) < 4.78 is 6.00. The molecular weight excluding hydrogens is 312 g/mol. The predicted molar refractivity (Wildman–Crippen MR) is 102 cm³/mol. The summed E-state index contributed by atoms with van der Waals surface area (Å²) in [6, 6.07) is 10.1. The Labute approximate surface area is 147 Å². The number of ether oxygens (including phenoxy) is 1. The fraction of sp³-hybridized carbons (Fsp3) is 0.250. The van der Waals surface area contributed by atoms with Crippen molar-refractivity contribution in [3.63, 3.8) is 0 Å². The molecule has 25 heavy (non-hydrogen) atoms. The first-order chi connectivity index (χ1) is 12.3. The third-order valence-corrected chi connectivity index (χ3v) is 3.88. The summed E-state index contributed by atoms with van der Waals surface area (Å²) in [7, 11) is 0. The number of unbranched alkanes of at least 4 members (excludes halogenated alkanes) is 1. The Balaban J connectivity index is 1.80. The van der Waals surface area contributed by atoms with Gasteiger partial charge in [-0.1, -0.05) is 44.2 Å². The van der Waals surface area contributed by atoms with Gasteiger partial charge in [0.05, 0.1) is 11.7 Å². The minimum absolute atomic E-state index is 0.410. The third-order valence-electron chi connectivity index (χ3n) is 3.88. The maximum absolute atomic E-state index is 6.00. The first kappa shape index (κ1) is 16.9. The molecule has 0 fully saturated rings. The number of rotatable bonds is 8. The molecule has 0 unspecified atom stereocenters. The van der Waals surface area contributed by atoms with Gasteiger partial charge < -0.3 is 10.1 Å². The van der Waals surface area contributed by atoms with Crippen molar-refractivity contribution in [1.29, 1.82) is 0 Å². The molecule has 0 amide bonds. The topological polar surface area (TPSA) is 59.9 Å². The van der Waals surface area contributed by atoms with Crippen LogP contribution in [0.25, 0.3) is 17.0 Å². The molecule has 0 saturated carbocycles. The van der Waals surface area contributed by atoms with Gasteiger partial charge in [0, 0.05) is 23.7 Å². The van der Waals surface area contributed by atoms with E-state index in [1.165, 1.54) is 0 Å². The highest BCUT2D eigenvalue weighted by Crippen LogP contribution is 2.24. The lowest BCUT2D eigenvalue weighted by atomic mass is 10.1. The summed E-state index contributed by atoms with van der Waals surface area (Å²) in [5, 5.41) is 4.42. The number of nitrogens with one attached hydrogen (secondary N) is 1. The van der Waals surface area contributed by atoms with Crippen molar-refractivity contribution in [3.05, 3.63) is 60.7 Å². The van der Waals surface area contributed by atoms with Crippen LogP contribution in [0.1, 0.15) is 31.2 Å². The van der Waals surface area contributed by atoms with Gasteiger partial charge in [-0.25, -0.2) is 9.97 Å². The molecule has 0 saturated heterocycles. The Hall–Kier alpha value is -2.95. The first-order valence-corrected chi connectivity index (χ1v) is 8.50. The second kappa shape index (κ2) is 8.24. The molecular formula is C20H22N4O. The zero-order valence-electron chi connectivity index (χ0n) is 14.4. The second-order valence-electron chi connectivity index (χ2n) is 5.71. The van der Waals surface area contributed by atoms with E-state index in [1.807, 2.05) is 30.3 Å². The molecule has 0 aliphatic carbocycles. The lowest BCUT2D eigenvalue weighted by Crippen LogP contribution is -2.08. The molecule has 2 heterocycles. The number of aromatic nitrogens is 3. The average molecular weight is 334 g/mol. The van der Waals surface area contributed by atoms with E-state index in [1.54, 1.807) is 18.5 Å². The minimum Gasteiger partial charge on any atom is -0.483 e. The fourth-order valence-corrected chi connectivity index (χ4v) is 2.54. The molecule has 3 aromatic rings. The number of anilines is 1. The fourth-order valence-electron chi connectivity index (χ4n) is 2.54. The largest absolute Gasteiger partial charge is 0.483 e. The molecule has 5 nitrogen and oxygen atoms in total. The normalized spacial score (nSPS) is 10.6. The van der Waals surface area contributed by atoms with Crippen LogP contribution in [0, 0.1) is 0 Å². The molecule has 0 spiro atoms. The summed E-state index contributed by atoms with van der Waals surface area (Å²) >= 11 is 0. The van der Waals surface area contributed by atoms with Crippen LogP contribution in [0.2, 0.25) is 0 Å². The molecule has 128 valence electrons. The Kier molecular flexibility index (Phi) is 5.57. The van der Waals surface area contributed by atoms with Crippen LogP contribution in [0.3, 0.4) is 0 Å². The second-order valence-corrected chi connectivity index (χ2v) is 5.71. The van der Waals surface area contributed by atoms with Crippen LogP contribution in [0.5, 0.6) is 5.75 Å². The lowest BCUT2D eigenvalue weighted by Gasteiger charge is -2.13. The maximum atomic E-state index is 6.00. The highest BCUT2D eigenvalue weighted by molar-refractivity contribution is 5.81. The van der Waals surface area contributed by atoms with Crippen molar-refractivity contribution >= 4 is 22.8 Å². The number of benzene rings is 1. The van der Waals surface area contributed by atoms with Gasteiger partial charge in [0.1, 0.15) is 6.61 Å². The van der Waals surface area contributed by atoms with Gasteiger partial charge in [-0.05, 0) is 18.6 Å². The van der Waals surface area contributed by atoms with E-state index in [4.69, 9.17) is 4.74 Å². The van der Waals surface area contributed by atoms with Crippen LogP contribution in [-0.4, -0.2) is 21.5 Å². The van der Waals surface area contributed by atoms with E-state index in [2.05, 4.69) is 33.8 Å². The standard InChI is InChI=1S/C20H22N4O/c1-3-5-11-22-20-17(13-23-18(4-2)24-20)25-14-16-9-6-8-15-10-7-12-21-19(15)16/h4,6-10,12-13H,2-3,5,11,14H2,1H3,(H,22,23,24). The zero-order valence-corrected chi connectivity index (χ0v) is 14.4. The molecule has 1 aromatic carbocycles. The van der Waals surface area contributed by atoms with Crippen LogP contribution >= 0.6 is 0 Å². The smallest absolute Gasteiger partial charge is 0.180 e. The molecule has 0 aliphatic rings. The average Bonchev–Trinajstić information content (AvgIpc) is 2.67. The number of hydrogen-bond donors (Lipinski definition) is 1. The summed E-state index contributed by atoms with van der Waals surface area (Å²) in [5.41, 5.74) is 1.99. The van der Waals surface area contributed by atoms with Crippen molar-refractivity contribution in [1.82, 2.24) is 15.0 Å². The number of pyridine rings is 1. The van der Waals surface area contributed by atoms with Crippen LogP contribution in [0.4, 0.5) is 5.82 Å². The van der Waals surface area contributed by atoms with Gasteiger partial charge in [-0.2, -0.15) is 0 Å². The number of fused-ring (bicyclic) bond motifs is 1. The summed E-state index contributed by atoms with van der Waals surface area (Å²) in [6.45, 7) is 7.13. The summed E-state index contributed by atoms with van der Waals surface area (Å²) in [5.74, 6) is 1.92. The van der Waals surface area contributed by atoms with E-state index in [9.17, 15) is 0 Å². The Bertz CT molecular complexity index is 858. The van der Waals surface area contributed by atoms with Gasteiger partial charge in [0.15, 0.2) is 17.4 Å². The highest BCUT2D eigenvalue weighted by Gasteiger charge is 2.09. The van der Waals surface area contributed by atoms with Gasteiger partial charge in [-0.3, -0.25) is 4.98 Å². The Morgan fingerprint density at radius 1 is 1.20 bits per heavy atom. The van der Waals surface area contributed by atoms with Crippen LogP contribution in [-0.2, 0) is 6.61 Å². The van der Waals surface area contributed by atoms with Crippen LogP contribution in [0.15, 0.2) is 49.3 Å². The molecule has 5 heteroatoms. The monoisotopic (exact) mass is 334 g/mol. The molecule has 0 aliphatic heterocycles. The van der Waals surface area contributed by atoms with Gasteiger partial charge in [0.25, 0.3) is 0 Å². The van der Waals surface area contributed by atoms with E-state index in [-0.39, 0.29) is 0 Å². The molecule has 0 radical (unpaired) electrons. The Morgan fingerprint density at radius 2 is 2.08 bits per heavy atom. The van der Waals surface area contributed by atoms with Crippen molar-refractivity contribution in [3.8, 4) is 5.75 Å². The van der Waals surface area contributed by atoms with E-state index in [0.717, 1.165) is 35.9 Å². The summed E-state index contributed by atoms with van der Waals surface area (Å²) in [6.07, 6.45) is 7.30. The SMILES string of the molecule is C=Cc1ncc(OCc2cccc3cccnc23)c(NCCCC)n1. The van der Waals surface area contributed by atoms with Crippen LogP contribution < -0.4 is 10.1 Å². The van der Waals surface area contributed by atoms with Gasteiger partial charge >= 0.3 is 0 Å². The minimum atomic E-state index is 0.410. The maximum Gasteiger partial charge on any atom is 0.180 e. The van der Waals surface area contributed by atoms with E-state index >= 15 is 0 Å². The van der Waals surface area contributed by atoms with Gasteiger partial charge in [0.2, 0.25) is 0 Å². The lowest BCUT2D eigenvalue weighted by molar-refractivity contribution is 0.306. The van der Waals surface area contributed by atoms with E-state index < -0.39 is 0 Å². The number of hydrogen-bond acceptors (Lipinski definition) is 5. The molecule has 2 aromatic heterocycles. The molecule has 1 N–H and O–H groups in total. The van der Waals surface area contributed by atoms with Gasteiger partial charge in [-0.15, -0.1) is 0 Å². The van der Waals surface area contributed by atoms with E-state index in [0.29, 0.717) is 24.0 Å². The van der Waals surface area contributed by atoms with Crippen molar-refractivity contribution in [2.24, 2.45) is 0 Å². The summed E-state index contributed by atoms with van der Waals surface area (Å²) in [4.78, 5) is 13.2.